The van der Waals surface area contributed by atoms with Crippen LogP contribution in [0.2, 0.25) is 0 Å². The van der Waals surface area contributed by atoms with E-state index >= 15 is 0 Å². The molecule has 1 saturated heterocycles. The molecule has 1 rings (SSSR count). The third-order valence-electron chi connectivity index (χ3n) is 2.83. The minimum atomic E-state index is -0.640. The number of nitrogens with zero attached hydrogens (tertiary/aromatic N) is 1. The van der Waals surface area contributed by atoms with Gasteiger partial charge < -0.3 is 14.2 Å². The second-order valence-corrected chi connectivity index (χ2v) is 6.21. The van der Waals surface area contributed by atoms with Crippen LogP contribution in [0.4, 0.5) is 4.79 Å². The Bertz CT molecular complexity index is 361. The highest BCUT2D eigenvalue weighted by molar-refractivity contribution is 5.82. The van der Waals surface area contributed by atoms with Crippen molar-refractivity contribution in [1.29, 1.82) is 0 Å². The fourth-order valence-electron chi connectivity index (χ4n) is 2.16. The summed E-state index contributed by atoms with van der Waals surface area (Å²) in [6.07, 6.45) is -0.212. The molecule has 0 aromatic heterocycles. The summed E-state index contributed by atoms with van der Waals surface area (Å²) in [4.78, 5) is 25.4. The average Bonchev–Trinajstić information content (AvgIpc) is 2.68. The summed E-state index contributed by atoms with van der Waals surface area (Å²) in [6.45, 7) is 9.54. The lowest BCUT2D eigenvalue weighted by Crippen LogP contribution is -2.44. The van der Waals surface area contributed by atoms with E-state index < -0.39 is 23.7 Å². The van der Waals surface area contributed by atoms with Crippen molar-refractivity contribution in [3.05, 3.63) is 0 Å². The topological polar surface area (TPSA) is 65.1 Å². The zero-order valence-electron chi connectivity index (χ0n) is 13.1. The normalized spacial score (nSPS) is 23.1. The monoisotopic (exact) mass is 287 g/mol. The molecule has 20 heavy (non-hydrogen) atoms. The van der Waals surface area contributed by atoms with E-state index in [1.54, 1.807) is 20.8 Å². The Morgan fingerprint density at radius 2 is 1.85 bits per heavy atom. The molecule has 0 unspecified atom stereocenters. The number of hydrogen-bond donors (Lipinski definition) is 0. The minimum Gasteiger partial charge on any atom is -0.467 e. The van der Waals surface area contributed by atoms with Gasteiger partial charge in [-0.15, -0.1) is 0 Å². The third-order valence-corrected chi connectivity index (χ3v) is 2.83. The van der Waals surface area contributed by atoms with Gasteiger partial charge in [-0.25, -0.2) is 9.59 Å². The highest BCUT2D eigenvalue weighted by Gasteiger charge is 2.42. The van der Waals surface area contributed by atoms with E-state index in [9.17, 15) is 9.59 Å². The summed E-state index contributed by atoms with van der Waals surface area (Å²) in [6, 6.07) is -0.640. The number of esters is 1. The number of methoxy groups -OCH3 is 1. The van der Waals surface area contributed by atoms with Gasteiger partial charge in [-0.2, -0.15) is 0 Å². The van der Waals surface area contributed by atoms with Gasteiger partial charge in [0.25, 0.3) is 0 Å². The molecule has 6 nitrogen and oxygen atoms in total. The first-order chi connectivity index (χ1) is 9.14. The van der Waals surface area contributed by atoms with Gasteiger partial charge in [-0.3, -0.25) is 4.90 Å². The molecule has 1 amide bonds. The first kappa shape index (κ1) is 16.8. The van der Waals surface area contributed by atoms with Crippen molar-refractivity contribution >= 4 is 12.1 Å². The number of carbonyl (C=O) groups excluding carboxylic acids is 2. The number of amides is 1. The van der Waals surface area contributed by atoms with Crippen LogP contribution in [0, 0.1) is 0 Å². The van der Waals surface area contributed by atoms with Crippen molar-refractivity contribution < 1.29 is 23.8 Å². The predicted octanol–water partition coefficient (Wildman–Crippen LogP) is 1.96. The van der Waals surface area contributed by atoms with Crippen LogP contribution in [-0.2, 0) is 19.0 Å². The molecule has 0 aliphatic carbocycles. The van der Waals surface area contributed by atoms with Crippen molar-refractivity contribution in [3.8, 4) is 0 Å². The van der Waals surface area contributed by atoms with Crippen molar-refractivity contribution in [1.82, 2.24) is 4.90 Å². The average molecular weight is 287 g/mol. The van der Waals surface area contributed by atoms with Crippen LogP contribution in [0.25, 0.3) is 0 Å². The second kappa shape index (κ2) is 6.43. The Balaban J connectivity index is 2.79. The molecule has 0 aromatic carbocycles. The molecule has 1 aliphatic heterocycles. The SMILES string of the molecule is COC(=O)[C@@H]1C[C@@H](OC(C)C)CN1C(=O)OC(C)(C)C. The van der Waals surface area contributed by atoms with Gasteiger partial charge in [-0.1, -0.05) is 0 Å². The molecule has 0 aromatic rings. The number of hydrogen-bond acceptors (Lipinski definition) is 5. The van der Waals surface area contributed by atoms with Gasteiger partial charge in [0.2, 0.25) is 0 Å². The molecule has 6 heteroatoms. The molecule has 0 spiro atoms. The van der Waals surface area contributed by atoms with Gasteiger partial charge in [0.15, 0.2) is 0 Å². The molecular weight excluding hydrogens is 262 g/mol. The number of rotatable bonds is 3. The van der Waals surface area contributed by atoms with Gasteiger partial charge in [0.05, 0.1) is 25.9 Å². The molecular formula is C14H25NO5. The highest BCUT2D eigenvalue weighted by Crippen LogP contribution is 2.24. The Morgan fingerprint density at radius 1 is 1.25 bits per heavy atom. The maximum Gasteiger partial charge on any atom is 0.411 e. The number of carbonyl (C=O) groups is 2. The summed E-state index contributed by atoms with van der Waals surface area (Å²) >= 11 is 0. The van der Waals surface area contributed by atoms with E-state index in [0.29, 0.717) is 13.0 Å². The van der Waals surface area contributed by atoms with E-state index in [0.717, 1.165) is 0 Å². The predicted molar refractivity (Wildman–Crippen MR) is 73.4 cm³/mol. The summed E-state index contributed by atoms with van der Waals surface area (Å²) in [5, 5.41) is 0. The fourth-order valence-corrected chi connectivity index (χ4v) is 2.16. The Kier molecular flexibility index (Phi) is 5.39. The summed E-state index contributed by atoms with van der Waals surface area (Å²) in [7, 11) is 1.31. The molecule has 2 atom stereocenters. The van der Waals surface area contributed by atoms with Gasteiger partial charge >= 0.3 is 12.1 Å². The van der Waals surface area contributed by atoms with E-state index in [4.69, 9.17) is 14.2 Å². The summed E-state index contributed by atoms with van der Waals surface area (Å²) in [5.74, 6) is -0.439. The maximum atomic E-state index is 12.2. The minimum absolute atomic E-state index is 0.0388. The van der Waals surface area contributed by atoms with Crippen LogP contribution >= 0.6 is 0 Å². The molecule has 0 radical (unpaired) electrons. The highest BCUT2D eigenvalue weighted by atomic mass is 16.6. The van der Waals surface area contributed by atoms with E-state index in [2.05, 4.69) is 0 Å². The Morgan fingerprint density at radius 3 is 2.30 bits per heavy atom. The van der Waals surface area contributed by atoms with Crippen LogP contribution in [0.5, 0.6) is 0 Å². The van der Waals surface area contributed by atoms with E-state index in [1.165, 1.54) is 12.0 Å². The molecule has 0 saturated carbocycles. The zero-order chi connectivity index (χ0) is 15.5. The lowest BCUT2D eigenvalue weighted by atomic mass is 10.2. The summed E-state index contributed by atoms with van der Waals surface area (Å²) in [5.41, 5.74) is -0.602. The largest absolute Gasteiger partial charge is 0.467 e. The Labute approximate surface area is 120 Å². The lowest BCUT2D eigenvalue weighted by Gasteiger charge is -2.27. The summed E-state index contributed by atoms with van der Waals surface area (Å²) < 4.78 is 15.8. The molecule has 1 fully saturated rings. The first-order valence-electron chi connectivity index (χ1n) is 6.87. The lowest BCUT2D eigenvalue weighted by molar-refractivity contribution is -0.145. The zero-order valence-corrected chi connectivity index (χ0v) is 13.1. The van der Waals surface area contributed by atoms with Crippen LogP contribution in [0.3, 0.4) is 0 Å². The fraction of sp³-hybridized carbons (Fsp3) is 0.857. The van der Waals surface area contributed by atoms with Crippen molar-refractivity contribution in [2.24, 2.45) is 0 Å². The molecule has 0 bridgehead atoms. The standard InChI is InChI=1S/C14H25NO5/c1-9(2)19-10-7-11(12(16)18-6)15(8-10)13(17)20-14(3,4)5/h9-11H,7-8H2,1-6H3/t10-,11+/m1/s1. The first-order valence-corrected chi connectivity index (χ1v) is 6.87. The van der Waals surface area contributed by atoms with Crippen LogP contribution < -0.4 is 0 Å². The number of ether oxygens (including phenoxy) is 3. The maximum absolute atomic E-state index is 12.2. The van der Waals surface area contributed by atoms with Crippen LogP contribution in [-0.4, -0.2) is 54.5 Å². The van der Waals surface area contributed by atoms with Gasteiger partial charge in [0, 0.05) is 6.42 Å². The van der Waals surface area contributed by atoms with Gasteiger partial charge in [0.1, 0.15) is 11.6 Å². The van der Waals surface area contributed by atoms with Crippen molar-refractivity contribution in [3.63, 3.8) is 0 Å². The van der Waals surface area contributed by atoms with Crippen molar-refractivity contribution in [2.75, 3.05) is 13.7 Å². The molecule has 116 valence electrons. The van der Waals surface area contributed by atoms with Crippen LogP contribution in [0.1, 0.15) is 41.0 Å². The smallest absolute Gasteiger partial charge is 0.411 e. The molecule has 0 N–H and O–H groups in total. The second-order valence-electron chi connectivity index (χ2n) is 6.21. The molecule has 1 heterocycles. The third kappa shape index (κ3) is 4.67. The van der Waals surface area contributed by atoms with Gasteiger partial charge in [-0.05, 0) is 34.6 Å². The number of likely N-dealkylation sites (tertiary alicyclic amines) is 1. The van der Waals surface area contributed by atoms with Crippen LogP contribution in [0.15, 0.2) is 0 Å². The van der Waals surface area contributed by atoms with E-state index in [1.807, 2.05) is 13.8 Å². The molecule has 1 aliphatic rings. The Hall–Kier alpha value is -1.30. The van der Waals surface area contributed by atoms with E-state index in [-0.39, 0.29) is 12.2 Å². The van der Waals surface area contributed by atoms with Crippen molar-refractivity contribution in [2.45, 2.75) is 64.9 Å². The quantitative estimate of drug-likeness (QED) is 0.742.